The fourth-order valence-electron chi connectivity index (χ4n) is 7.81. The van der Waals surface area contributed by atoms with E-state index in [1.807, 2.05) is 4.90 Å². The summed E-state index contributed by atoms with van der Waals surface area (Å²) >= 11 is 6.15. The number of carbonyl (C=O) groups excluding carboxylic acids is 3. The number of ether oxygens (including phenoxy) is 2. The molecule has 3 amide bonds. The number of carbonyl (C=O) groups is 3. The Bertz CT molecular complexity index is 2260. The number of nitrogens with zero attached hydrogens (tertiary/aromatic N) is 8. The van der Waals surface area contributed by atoms with Crippen LogP contribution in [0.1, 0.15) is 53.2 Å². The molecule has 8 rings (SSSR count). The summed E-state index contributed by atoms with van der Waals surface area (Å²) in [5.41, 5.74) is -2.24. The van der Waals surface area contributed by atoms with Crippen LogP contribution in [0.4, 0.5) is 24.8 Å². The van der Waals surface area contributed by atoms with Crippen molar-refractivity contribution >= 4 is 46.7 Å². The fraction of sp³-hybridized carbons (Fsp3) is 0.441. The summed E-state index contributed by atoms with van der Waals surface area (Å²) in [6.45, 7) is 3.01. The van der Waals surface area contributed by atoms with Crippen molar-refractivity contribution in [2.75, 3.05) is 56.2 Å². The number of hydrogen-bond donors (Lipinski definition) is 2. The average Bonchev–Trinajstić information content (AvgIpc) is 3.71. The topological polar surface area (TPSA) is 177 Å². The van der Waals surface area contributed by atoms with Crippen molar-refractivity contribution in [2.45, 2.75) is 50.2 Å². The summed E-state index contributed by atoms with van der Waals surface area (Å²) < 4.78 is 54.4. The monoisotopic (exact) mass is 771 g/mol. The Hall–Kier alpha value is -5.27. The lowest BCUT2D eigenvalue weighted by molar-refractivity contribution is -0.148. The van der Waals surface area contributed by atoms with Gasteiger partial charge in [0.2, 0.25) is 23.5 Å². The number of likely N-dealkylation sites (tertiary alicyclic amines) is 1. The van der Waals surface area contributed by atoms with Gasteiger partial charge in [-0.05, 0) is 50.1 Å². The molecule has 284 valence electrons. The molecule has 2 N–H and O–H groups in total. The fourth-order valence-corrected chi connectivity index (χ4v) is 8.03. The van der Waals surface area contributed by atoms with Crippen LogP contribution >= 0.6 is 11.6 Å². The molecule has 2 atom stereocenters. The van der Waals surface area contributed by atoms with Gasteiger partial charge in [0, 0.05) is 38.9 Å². The van der Waals surface area contributed by atoms with Gasteiger partial charge in [0.15, 0.2) is 5.69 Å². The number of aromatic hydroxyl groups is 1. The molecule has 16 nitrogen and oxygen atoms in total. The van der Waals surface area contributed by atoms with E-state index < -0.39 is 47.4 Å². The minimum Gasteiger partial charge on any atom is -0.505 e. The van der Waals surface area contributed by atoms with E-state index >= 15 is 0 Å². The average molecular weight is 772 g/mol. The van der Waals surface area contributed by atoms with E-state index in [1.54, 1.807) is 11.8 Å². The number of rotatable bonds is 5. The Morgan fingerprint density at radius 2 is 1.91 bits per heavy atom. The number of anilines is 2. The van der Waals surface area contributed by atoms with Crippen LogP contribution in [0.5, 0.6) is 5.75 Å². The molecule has 0 radical (unpaired) electrons. The van der Waals surface area contributed by atoms with Gasteiger partial charge in [-0.15, -0.1) is 5.10 Å². The highest BCUT2D eigenvalue weighted by molar-refractivity contribution is 6.33. The van der Waals surface area contributed by atoms with E-state index in [-0.39, 0.29) is 83.9 Å². The van der Waals surface area contributed by atoms with E-state index in [0.29, 0.717) is 38.0 Å². The summed E-state index contributed by atoms with van der Waals surface area (Å²) in [7, 11) is 0. The maximum absolute atomic E-state index is 14.5. The maximum Gasteiger partial charge on any atom is 0.416 e. The number of benzene rings is 1. The number of fused-ring (bicyclic) bond motifs is 4. The first kappa shape index (κ1) is 35.7. The van der Waals surface area contributed by atoms with Crippen LogP contribution in [-0.2, 0) is 37.4 Å². The van der Waals surface area contributed by atoms with E-state index in [9.17, 15) is 37.5 Å². The second-order valence-electron chi connectivity index (χ2n) is 13.6. The second-order valence-corrected chi connectivity index (χ2v) is 14.0. The zero-order valence-corrected chi connectivity index (χ0v) is 29.4. The van der Waals surface area contributed by atoms with Crippen LogP contribution in [-0.4, -0.2) is 109 Å². The first-order valence-corrected chi connectivity index (χ1v) is 17.6. The van der Waals surface area contributed by atoms with Crippen LogP contribution in [0.25, 0.3) is 5.78 Å². The Labute approximate surface area is 309 Å². The van der Waals surface area contributed by atoms with Gasteiger partial charge in [-0.25, -0.2) is 4.98 Å². The number of pyridine rings is 1. The number of halogens is 4. The van der Waals surface area contributed by atoms with Gasteiger partial charge in [0.25, 0.3) is 11.5 Å². The van der Waals surface area contributed by atoms with Crippen molar-refractivity contribution < 1.29 is 42.1 Å². The number of piperazine rings is 1. The van der Waals surface area contributed by atoms with Crippen molar-refractivity contribution in [1.29, 1.82) is 0 Å². The lowest BCUT2D eigenvalue weighted by Crippen LogP contribution is -2.60. The molecule has 0 aliphatic carbocycles. The predicted molar refractivity (Wildman–Crippen MR) is 183 cm³/mol. The zero-order valence-electron chi connectivity index (χ0n) is 28.7. The molecular formula is C34H33ClF3N9O7. The number of aromatic nitrogens is 5. The largest absolute Gasteiger partial charge is 0.505 e. The third kappa shape index (κ3) is 6.08. The number of alkyl halides is 3. The highest BCUT2D eigenvalue weighted by Gasteiger charge is 2.51. The normalized spacial score (nSPS) is 21.1. The molecule has 20 heteroatoms. The molecule has 3 fully saturated rings. The molecule has 1 aromatic carbocycles. The summed E-state index contributed by atoms with van der Waals surface area (Å²) in [5.74, 6) is -1.33. The number of piperidine rings is 1. The SMILES string of the molecule is C[C@H]1OC2(CCN(C(=O)c3ncccc3O)CC2)c2c1n(CC(=O)Nc1ccc(C(F)(F)F)cc1Cl)c1nc(N3CCN4C(=O)COC[C@@H]4C3)nn1c2=O. The molecule has 7 heterocycles. The maximum atomic E-state index is 14.5. The van der Waals surface area contributed by atoms with Gasteiger partial charge in [-0.1, -0.05) is 11.6 Å². The highest BCUT2D eigenvalue weighted by atomic mass is 35.5. The Balaban J connectivity index is 1.16. The summed E-state index contributed by atoms with van der Waals surface area (Å²) in [6, 6.07) is 5.20. The smallest absolute Gasteiger partial charge is 0.416 e. The zero-order chi connectivity index (χ0) is 38.1. The minimum absolute atomic E-state index is 0.00744. The standard InChI is InChI=1S/C34H33ClF3N9O7/c1-18-28-26(33(54-18)6-9-43(10-7-33)30(52)27-23(48)3-2-8-39-27)29(51)47-32(41-31(42-47)44-11-12-45-20(14-44)16-53-17-25(45)50)46(28)15-24(49)40-22-5-4-19(13-21(22)35)34(36,37)38/h2-5,8,13,18,20,48H,6-7,9-12,14-17H2,1H3,(H,40,49)/t18-,20+/m1/s1. The van der Waals surface area contributed by atoms with Gasteiger partial charge in [-0.2, -0.15) is 22.7 Å². The van der Waals surface area contributed by atoms with E-state index in [2.05, 4.69) is 15.4 Å². The molecule has 3 saturated heterocycles. The number of morpholine rings is 1. The van der Waals surface area contributed by atoms with Crippen molar-refractivity contribution in [1.82, 2.24) is 33.9 Å². The van der Waals surface area contributed by atoms with Crippen molar-refractivity contribution in [3.63, 3.8) is 0 Å². The number of amides is 3. The second kappa shape index (κ2) is 13.2. The van der Waals surface area contributed by atoms with Gasteiger partial charge in [0.1, 0.15) is 24.5 Å². The molecule has 0 bridgehead atoms. The molecule has 4 aliphatic rings. The molecule has 4 aromatic rings. The summed E-state index contributed by atoms with van der Waals surface area (Å²) in [5, 5.41) is 17.1. The first-order chi connectivity index (χ1) is 25.7. The number of nitrogens with one attached hydrogen (secondary N) is 1. The van der Waals surface area contributed by atoms with Crippen molar-refractivity contribution in [2.24, 2.45) is 0 Å². The van der Waals surface area contributed by atoms with E-state index in [0.717, 1.165) is 16.6 Å². The molecule has 3 aromatic heterocycles. The summed E-state index contributed by atoms with van der Waals surface area (Å²) in [4.78, 5) is 67.7. The third-order valence-electron chi connectivity index (χ3n) is 10.4. The van der Waals surface area contributed by atoms with Crippen LogP contribution < -0.4 is 15.8 Å². The number of hydrogen-bond acceptors (Lipinski definition) is 11. The van der Waals surface area contributed by atoms with Crippen LogP contribution in [0.2, 0.25) is 5.02 Å². The third-order valence-corrected chi connectivity index (χ3v) is 10.7. The van der Waals surface area contributed by atoms with Crippen LogP contribution in [0.15, 0.2) is 41.3 Å². The highest BCUT2D eigenvalue weighted by Crippen LogP contribution is 2.48. The van der Waals surface area contributed by atoms with Crippen LogP contribution in [0, 0.1) is 0 Å². The summed E-state index contributed by atoms with van der Waals surface area (Å²) in [6.07, 6.45) is -3.59. The van der Waals surface area contributed by atoms with Gasteiger partial charge in [0.05, 0.1) is 46.3 Å². The van der Waals surface area contributed by atoms with E-state index in [1.165, 1.54) is 27.8 Å². The van der Waals surface area contributed by atoms with Gasteiger partial charge in [-0.3, -0.25) is 19.2 Å². The quantitative estimate of drug-likeness (QED) is 0.305. The van der Waals surface area contributed by atoms with Crippen molar-refractivity contribution in [3.05, 3.63) is 74.4 Å². The van der Waals surface area contributed by atoms with Gasteiger partial charge < -0.3 is 39.2 Å². The molecular weight excluding hydrogens is 739 g/mol. The first-order valence-electron chi connectivity index (χ1n) is 17.2. The minimum atomic E-state index is -4.64. The lowest BCUT2D eigenvalue weighted by atomic mass is 9.85. The van der Waals surface area contributed by atoms with Crippen molar-refractivity contribution in [3.8, 4) is 5.75 Å². The molecule has 0 saturated carbocycles. The molecule has 4 aliphatic heterocycles. The molecule has 1 spiro atoms. The van der Waals surface area contributed by atoms with E-state index in [4.69, 9.17) is 26.1 Å². The predicted octanol–water partition coefficient (Wildman–Crippen LogP) is 2.57. The molecule has 54 heavy (non-hydrogen) atoms. The van der Waals surface area contributed by atoms with Crippen LogP contribution in [0.3, 0.4) is 0 Å². The Morgan fingerprint density at radius 1 is 1.13 bits per heavy atom. The molecule has 0 unspecified atom stereocenters. The lowest BCUT2D eigenvalue weighted by Gasteiger charge is -2.43. The Kier molecular flexibility index (Phi) is 8.76. The Morgan fingerprint density at radius 3 is 2.63 bits per heavy atom. The van der Waals surface area contributed by atoms with Gasteiger partial charge >= 0.3 is 6.18 Å².